The molecule has 1 unspecified atom stereocenters. The van der Waals surface area contributed by atoms with Crippen LogP contribution in [0.2, 0.25) is 0 Å². The van der Waals surface area contributed by atoms with E-state index < -0.39 is 6.23 Å². The second-order valence-electron chi connectivity index (χ2n) is 7.84. The fourth-order valence-electron chi connectivity index (χ4n) is 3.90. The van der Waals surface area contributed by atoms with Crippen LogP contribution in [0.1, 0.15) is 18.2 Å². The minimum Gasteiger partial charge on any atom is -0.443 e. The molecule has 168 valence electrons. The average molecular weight is 445 g/mol. The van der Waals surface area contributed by atoms with Crippen LogP contribution in [-0.4, -0.2) is 54.6 Å². The minimum absolute atomic E-state index is 0.108. The number of hydrogen-bond acceptors (Lipinski definition) is 8. The molecule has 3 N–H and O–H groups in total. The molecule has 1 aromatic carbocycles. The van der Waals surface area contributed by atoms with Gasteiger partial charge in [-0.15, -0.1) is 5.10 Å². The Labute approximate surface area is 189 Å². The van der Waals surface area contributed by atoms with E-state index in [4.69, 9.17) is 4.42 Å². The number of nitrogens with one attached hydrogen (secondary N) is 2. The van der Waals surface area contributed by atoms with Crippen molar-refractivity contribution in [2.24, 2.45) is 0 Å². The Morgan fingerprint density at radius 2 is 2.12 bits per heavy atom. The number of rotatable bonds is 7. The van der Waals surface area contributed by atoms with E-state index in [0.29, 0.717) is 23.9 Å². The molecule has 0 aliphatic carbocycles. The molecular formula is C23H23N7O3. The Balaban J connectivity index is 1.21. The number of benzene rings is 1. The van der Waals surface area contributed by atoms with Crippen LogP contribution >= 0.6 is 0 Å². The SMILES string of the molecule is C=CC(=O)Nc1ccc(C(O)N2CC[C@@H](Nc3nc4ccc(-c5cnco5)cn4n3)C2)cc1. The molecule has 2 atom stereocenters. The summed E-state index contributed by atoms with van der Waals surface area (Å²) in [4.78, 5) is 21.9. The molecule has 10 heteroatoms. The molecule has 1 saturated heterocycles. The van der Waals surface area contributed by atoms with Gasteiger partial charge in [-0.05, 0) is 42.3 Å². The number of likely N-dealkylation sites (tertiary alicyclic amines) is 1. The smallest absolute Gasteiger partial charge is 0.247 e. The van der Waals surface area contributed by atoms with E-state index in [1.54, 1.807) is 35.0 Å². The highest BCUT2D eigenvalue weighted by molar-refractivity contribution is 5.98. The fraction of sp³-hybridized carbons (Fsp3) is 0.217. The van der Waals surface area contributed by atoms with Crippen LogP contribution in [0.25, 0.3) is 17.0 Å². The third kappa shape index (κ3) is 4.47. The Hall–Kier alpha value is -4.02. The normalized spacial score (nSPS) is 17.2. The maximum absolute atomic E-state index is 11.4. The van der Waals surface area contributed by atoms with Crippen molar-refractivity contribution >= 4 is 23.2 Å². The van der Waals surface area contributed by atoms with Gasteiger partial charge in [0, 0.05) is 36.6 Å². The van der Waals surface area contributed by atoms with Crippen molar-refractivity contribution in [3.8, 4) is 11.3 Å². The van der Waals surface area contributed by atoms with Crippen molar-refractivity contribution in [3.63, 3.8) is 0 Å². The third-order valence-electron chi connectivity index (χ3n) is 5.61. The number of amides is 1. The topological polar surface area (TPSA) is 121 Å². The van der Waals surface area contributed by atoms with Gasteiger partial charge in [-0.25, -0.2) is 9.50 Å². The fourth-order valence-corrected chi connectivity index (χ4v) is 3.90. The van der Waals surface area contributed by atoms with Gasteiger partial charge in [0.2, 0.25) is 11.9 Å². The second kappa shape index (κ2) is 8.85. The predicted octanol–water partition coefficient (Wildman–Crippen LogP) is 2.69. The lowest BCUT2D eigenvalue weighted by atomic mass is 10.1. The van der Waals surface area contributed by atoms with Crippen molar-refractivity contribution in [3.05, 3.63) is 73.4 Å². The number of oxazole rings is 1. The Morgan fingerprint density at radius 1 is 1.27 bits per heavy atom. The predicted molar refractivity (Wildman–Crippen MR) is 122 cm³/mol. The van der Waals surface area contributed by atoms with Crippen molar-refractivity contribution < 1.29 is 14.3 Å². The lowest BCUT2D eigenvalue weighted by Crippen LogP contribution is -2.30. The number of aliphatic hydroxyl groups is 1. The molecule has 0 spiro atoms. The Morgan fingerprint density at radius 3 is 2.88 bits per heavy atom. The largest absolute Gasteiger partial charge is 0.443 e. The molecule has 1 aliphatic rings. The molecule has 33 heavy (non-hydrogen) atoms. The zero-order chi connectivity index (χ0) is 22.8. The van der Waals surface area contributed by atoms with Gasteiger partial charge in [-0.3, -0.25) is 9.69 Å². The highest BCUT2D eigenvalue weighted by Gasteiger charge is 2.28. The standard InChI is InChI=1S/C23H23N7O3/c1-2-21(31)25-17-6-3-15(4-7-17)22(32)29-10-9-18(13-29)26-23-27-20-8-5-16(12-30(20)28-23)19-11-24-14-33-19/h2-8,11-12,14,18,22,32H,1,9-10,13H2,(H,25,31)(H,26,28)/t18-,22?/m1/s1. The van der Waals surface area contributed by atoms with Crippen LogP contribution in [0.4, 0.5) is 11.6 Å². The summed E-state index contributed by atoms with van der Waals surface area (Å²) in [5.74, 6) is 0.929. The van der Waals surface area contributed by atoms with Gasteiger partial charge in [0.25, 0.3) is 0 Å². The molecule has 0 radical (unpaired) electrons. The van der Waals surface area contributed by atoms with E-state index in [9.17, 15) is 9.90 Å². The van der Waals surface area contributed by atoms with Crippen molar-refractivity contribution in [1.82, 2.24) is 24.5 Å². The third-order valence-corrected chi connectivity index (χ3v) is 5.61. The summed E-state index contributed by atoms with van der Waals surface area (Å²) in [7, 11) is 0. The maximum Gasteiger partial charge on any atom is 0.247 e. The van der Waals surface area contributed by atoms with E-state index in [-0.39, 0.29) is 11.9 Å². The highest BCUT2D eigenvalue weighted by atomic mass is 16.3. The number of anilines is 2. The van der Waals surface area contributed by atoms with Gasteiger partial charge in [0.15, 0.2) is 17.8 Å². The van der Waals surface area contributed by atoms with E-state index in [0.717, 1.165) is 29.7 Å². The van der Waals surface area contributed by atoms with Crippen molar-refractivity contribution in [1.29, 1.82) is 0 Å². The number of nitrogens with zero attached hydrogens (tertiary/aromatic N) is 5. The van der Waals surface area contributed by atoms with Crippen LogP contribution in [-0.2, 0) is 4.79 Å². The quantitative estimate of drug-likeness (QED) is 0.371. The number of carbonyl (C=O) groups is 1. The van der Waals surface area contributed by atoms with Gasteiger partial charge in [-0.2, -0.15) is 4.98 Å². The number of pyridine rings is 1. The molecule has 0 bridgehead atoms. The van der Waals surface area contributed by atoms with E-state index in [1.165, 1.54) is 12.5 Å². The summed E-state index contributed by atoms with van der Waals surface area (Å²) in [6.07, 6.45) is 6.22. The summed E-state index contributed by atoms with van der Waals surface area (Å²) in [6, 6.07) is 11.0. The minimum atomic E-state index is -0.737. The first-order chi connectivity index (χ1) is 16.1. The molecule has 1 aliphatic heterocycles. The number of aliphatic hydroxyl groups excluding tert-OH is 1. The first-order valence-corrected chi connectivity index (χ1v) is 10.6. The summed E-state index contributed by atoms with van der Waals surface area (Å²) in [5.41, 5.74) is 3.00. The summed E-state index contributed by atoms with van der Waals surface area (Å²) in [5, 5.41) is 21.4. The lowest BCUT2D eigenvalue weighted by Gasteiger charge is -2.23. The van der Waals surface area contributed by atoms with Crippen molar-refractivity contribution in [2.45, 2.75) is 18.7 Å². The molecule has 1 amide bonds. The van der Waals surface area contributed by atoms with Crippen LogP contribution in [0.3, 0.4) is 0 Å². The number of carbonyl (C=O) groups excluding carboxylic acids is 1. The second-order valence-corrected chi connectivity index (χ2v) is 7.84. The monoisotopic (exact) mass is 445 g/mol. The van der Waals surface area contributed by atoms with Gasteiger partial charge in [0.05, 0.1) is 6.20 Å². The van der Waals surface area contributed by atoms with Crippen LogP contribution in [0.15, 0.2) is 72.3 Å². The van der Waals surface area contributed by atoms with Crippen molar-refractivity contribution in [2.75, 3.05) is 23.7 Å². The van der Waals surface area contributed by atoms with E-state index in [1.807, 2.05) is 23.2 Å². The molecule has 0 saturated carbocycles. The molecule has 4 aromatic rings. The van der Waals surface area contributed by atoms with Gasteiger partial charge < -0.3 is 20.2 Å². The maximum atomic E-state index is 11.4. The molecule has 4 heterocycles. The first-order valence-electron chi connectivity index (χ1n) is 10.6. The van der Waals surface area contributed by atoms with Crippen LogP contribution < -0.4 is 10.6 Å². The molecule has 5 rings (SSSR count). The van der Waals surface area contributed by atoms with Gasteiger partial charge in [-0.1, -0.05) is 18.7 Å². The Bertz CT molecular complexity index is 1270. The van der Waals surface area contributed by atoms with Crippen LogP contribution in [0, 0.1) is 0 Å². The lowest BCUT2D eigenvalue weighted by molar-refractivity contribution is -0.111. The zero-order valence-corrected chi connectivity index (χ0v) is 17.8. The number of aromatic nitrogens is 4. The highest BCUT2D eigenvalue weighted by Crippen LogP contribution is 2.26. The molecule has 10 nitrogen and oxygen atoms in total. The summed E-state index contributed by atoms with van der Waals surface area (Å²) >= 11 is 0. The first kappa shape index (κ1) is 20.9. The van der Waals surface area contributed by atoms with E-state index >= 15 is 0 Å². The van der Waals surface area contributed by atoms with E-state index in [2.05, 4.69) is 32.3 Å². The number of fused-ring (bicyclic) bond motifs is 1. The molecule has 1 fully saturated rings. The average Bonchev–Trinajstić information content (AvgIpc) is 3.59. The van der Waals surface area contributed by atoms with Crippen LogP contribution in [0.5, 0.6) is 0 Å². The zero-order valence-electron chi connectivity index (χ0n) is 17.8. The molecular weight excluding hydrogens is 422 g/mol. The summed E-state index contributed by atoms with van der Waals surface area (Å²) < 4.78 is 7.05. The van der Waals surface area contributed by atoms with Gasteiger partial charge in [0.1, 0.15) is 6.23 Å². The molecule has 3 aromatic heterocycles. The number of hydrogen-bond donors (Lipinski definition) is 3. The Kier molecular flexibility index (Phi) is 5.59. The summed E-state index contributed by atoms with van der Waals surface area (Å²) in [6.45, 7) is 4.82. The van der Waals surface area contributed by atoms with Gasteiger partial charge >= 0.3 is 0 Å².